The van der Waals surface area contributed by atoms with E-state index >= 15 is 0 Å². The maximum Gasteiger partial charge on any atom is 0.197 e. The summed E-state index contributed by atoms with van der Waals surface area (Å²) in [6, 6.07) is 9.91. The topological polar surface area (TPSA) is 46.1 Å². The monoisotopic (exact) mass is 462 g/mol. The molecule has 1 atom stereocenters. The van der Waals surface area contributed by atoms with Crippen molar-refractivity contribution < 1.29 is 0 Å². The quantitative estimate of drug-likeness (QED) is 0.600. The highest BCUT2D eigenvalue weighted by molar-refractivity contribution is 5.90. The molecule has 2 fully saturated rings. The lowest BCUT2D eigenvalue weighted by Crippen LogP contribution is -2.54. The number of fused-ring (bicyclic) bond motifs is 1. The molecule has 34 heavy (non-hydrogen) atoms. The summed E-state index contributed by atoms with van der Waals surface area (Å²) < 4.78 is 0. The fourth-order valence-electron chi connectivity index (χ4n) is 5.66. The zero-order valence-corrected chi connectivity index (χ0v) is 21.1. The van der Waals surface area contributed by atoms with Crippen molar-refractivity contribution in [3.05, 3.63) is 53.4 Å². The fourth-order valence-corrected chi connectivity index (χ4v) is 5.66. The van der Waals surface area contributed by atoms with Crippen LogP contribution >= 0.6 is 0 Å². The fraction of sp³-hybridized carbons (Fsp3) is 0.607. The average molecular weight is 463 g/mol. The summed E-state index contributed by atoms with van der Waals surface area (Å²) in [6.07, 6.45) is 13.7. The molecule has 6 nitrogen and oxygen atoms in total. The lowest BCUT2D eigenvalue weighted by molar-refractivity contribution is 0.148. The van der Waals surface area contributed by atoms with Gasteiger partial charge in [-0.15, -0.1) is 0 Å². The van der Waals surface area contributed by atoms with Crippen molar-refractivity contribution >= 4 is 11.5 Å². The van der Waals surface area contributed by atoms with Crippen LogP contribution < -0.4 is 10.6 Å². The van der Waals surface area contributed by atoms with Gasteiger partial charge in [0.15, 0.2) is 5.96 Å². The molecule has 184 valence electrons. The molecule has 2 N–H and O–H groups in total. The molecular formula is C28H42N6. The summed E-state index contributed by atoms with van der Waals surface area (Å²) in [4.78, 5) is 12.4. The number of guanidine groups is 1. The van der Waals surface area contributed by atoms with E-state index in [4.69, 9.17) is 4.99 Å². The first-order valence-electron chi connectivity index (χ1n) is 13.5. The molecule has 3 heterocycles. The predicted octanol–water partition coefficient (Wildman–Crippen LogP) is 3.98. The van der Waals surface area contributed by atoms with Crippen molar-refractivity contribution in [2.24, 2.45) is 4.99 Å². The largest absolute Gasteiger partial charge is 0.350 e. The first kappa shape index (κ1) is 23.4. The van der Waals surface area contributed by atoms with Crippen molar-refractivity contribution in [2.75, 3.05) is 39.8 Å². The van der Waals surface area contributed by atoms with Crippen LogP contribution in [0.2, 0.25) is 0 Å². The predicted molar refractivity (Wildman–Crippen MR) is 141 cm³/mol. The first-order chi connectivity index (χ1) is 16.7. The summed E-state index contributed by atoms with van der Waals surface area (Å²) in [7, 11) is 2.22. The van der Waals surface area contributed by atoms with E-state index in [1.807, 2.05) is 0 Å². The molecular weight excluding hydrogens is 420 g/mol. The highest BCUT2D eigenvalue weighted by Crippen LogP contribution is 2.38. The second-order valence-electron chi connectivity index (χ2n) is 10.4. The highest BCUT2D eigenvalue weighted by Gasteiger charge is 2.37. The van der Waals surface area contributed by atoms with Crippen LogP contribution in [0.15, 0.2) is 47.2 Å². The van der Waals surface area contributed by atoms with Crippen LogP contribution in [0.3, 0.4) is 0 Å². The van der Waals surface area contributed by atoms with Crippen LogP contribution in [0.1, 0.15) is 63.0 Å². The number of unbranched alkanes of at least 4 members (excludes halogenated alkanes) is 1. The van der Waals surface area contributed by atoms with E-state index in [9.17, 15) is 0 Å². The van der Waals surface area contributed by atoms with Crippen LogP contribution in [0.5, 0.6) is 0 Å². The van der Waals surface area contributed by atoms with Crippen LogP contribution in [-0.4, -0.2) is 72.6 Å². The highest BCUT2D eigenvalue weighted by atomic mass is 15.4. The zero-order chi connectivity index (χ0) is 23.3. The van der Waals surface area contributed by atoms with E-state index in [1.54, 1.807) is 0 Å². The Morgan fingerprint density at radius 2 is 1.76 bits per heavy atom. The summed E-state index contributed by atoms with van der Waals surface area (Å²) >= 11 is 0. The molecule has 1 saturated heterocycles. The molecule has 1 aromatic rings. The normalized spacial score (nSPS) is 25.5. The lowest BCUT2D eigenvalue weighted by atomic mass is 9.94. The van der Waals surface area contributed by atoms with Gasteiger partial charge in [-0.2, -0.15) is 0 Å². The second kappa shape index (κ2) is 11.0. The van der Waals surface area contributed by atoms with Crippen molar-refractivity contribution in [1.82, 2.24) is 25.3 Å². The van der Waals surface area contributed by atoms with Gasteiger partial charge in [0.25, 0.3) is 0 Å². The van der Waals surface area contributed by atoms with Gasteiger partial charge < -0.3 is 20.4 Å². The summed E-state index contributed by atoms with van der Waals surface area (Å²) in [5.41, 5.74) is 5.40. The van der Waals surface area contributed by atoms with Crippen molar-refractivity contribution in [3.63, 3.8) is 0 Å². The maximum absolute atomic E-state index is 4.77. The van der Waals surface area contributed by atoms with E-state index in [0.29, 0.717) is 6.04 Å². The molecule has 0 bridgehead atoms. The number of nitrogens with one attached hydrogen (secondary N) is 2. The third-order valence-corrected chi connectivity index (χ3v) is 7.86. The number of aliphatic imine (C=N–C) groups is 1. The Labute approximate surface area is 205 Å². The number of hydrogen-bond acceptors (Lipinski definition) is 4. The molecule has 6 heteroatoms. The number of nitrogens with zero attached hydrogens (tertiary/aromatic N) is 4. The molecule has 0 radical (unpaired) electrons. The second-order valence-corrected chi connectivity index (χ2v) is 10.4. The van der Waals surface area contributed by atoms with E-state index in [2.05, 4.69) is 76.0 Å². The van der Waals surface area contributed by atoms with Gasteiger partial charge in [-0.1, -0.05) is 56.9 Å². The van der Waals surface area contributed by atoms with Gasteiger partial charge in [-0.25, -0.2) is 0 Å². The average Bonchev–Trinajstić information content (AvgIpc) is 3.25. The standard InChI is InChI=1S/C28H42N6/c1-3-4-14-29-28-30-19-25-26(21-34(27(25)31-28)24-8-6-5-7-9-24)23-12-10-22(11-13-23)20-33-17-15-32(2)16-18-33/h10-13,19,21,24,27H,3-9,14-18,20H2,1-2H3,(H2,29,30,31). The molecule has 0 aromatic heterocycles. The van der Waals surface area contributed by atoms with Crippen LogP contribution in [-0.2, 0) is 6.54 Å². The van der Waals surface area contributed by atoms with Crippen molar-refractivity contribution in [1.29, 1.82) is 0 Å². The third kappa shape index (κ3) is 5.33. The third-order valence-electron chi connectivity index (χ3n) is 7.86. The van der Waals surface area contributed by atoms with Crippen molar-refractivity contribution in [3.8, 4) is 0 Å². The lowest BCUT2D eigenvalue weighted by Gasteiger charge is -2.38. The summed E-state index contributed by atoms with van der Waals surface area (Å²) in [5.74, 6) is 0.917. The van der Waals surface area contributed by atoms with Crippen LogP contribution in [0.4, 0.5) is 0 Å². The zero-order valence-electron chi connectivity index (χ0n) is 21.1. The number of likely N-dealkylation sites (N-methyl/N-ethyl adjacent to an activating group) is 1. The minimum Gasteiger partial charge on any atom is -0.350 e. The van der Waals surface area contributed by atoms with Gasteiger partial charge in [-0.05, 0) is 37.4 Å². The number of benzene rings is 1. The minimum atomic E-state index is 0.185. The molecule has 1 unspecified atom stereocenters. The molecule has 4 aliphatic rings. The molecule has 5 rings (SSSR count). The van der Waals surface area contributed by atoms with Gasteiger partial charge in [0.2, 0.25) is 0 Å². The maximum atomic E-state index is 4.77. The number of rotatable bonds is 7. The molecule has 1 aromatic carbocycles. The van der Waals surface area contributed by atoms with Crippen LogP contribution in [0.25, 0.3) is 5.57 Å². The summed E-state index contributed by atoms with van der Waals surface area (Å²) in [6.45, 7) is 8.80. The number of hydrogen-bond donors (Lipinski definition) is 2. The Hall–Kier alpha value is -2.31. The van der Waals surface area contributed by atoms with E-state index in [-0.39, 0.29) is 6.17 Å². The first-order valence-corrected chi connectivity index (χ1v) is 13.5. The van der Waals surface area contributed by atoms with Gasteiger partial charge >= 0.3 is 0 Å². The van der Waals surface area contributed by atoms with E-state index < -0.39 is 0 Å². The van der Waals surface area contributed by atoms with Gasteiger partial charge in [-0.3, -0.25) is 9.89 Å². The Morgan fingerprint density at radius 3 is 2.50 bits per heavy atom. The Kier molecular flexibility index (Phi) is 7.55. The molecule has 0 spiro atoms. The molecule has 1 saturated carbocycles. The summed E-state index contributed by atoms with van der Waals surface area (Å²) in [5, 5.41) is 7.16. The molecule has 1 aliphatic carbocycles. The van der Waals surface area contributed by atoms with Crippen molar-refractivity contribution in [2.45, 2.75) is 70.6 Å². The van der Waals surface area contributed by atoms with Gasteiger partial charge in [0.1, 0.15) is 6.17 Å². The SMILES string of the molecule is CCCCN=C1NC=C2C(c3ccc(CN4CCN(C)CC4)cc3)=CN(C3CCCCC3)C2N1. The van der Waals surface area contributed by atoms with Gasteiger partial charge in [0, 0.05) is 68.9 Å². The number of piperazine rings is 1. The molecule has 0 amide bonds. The Balaban J connectivity index is 1.33. The minimum absolute atomic E-state index is 0.185. The van der Waals surface area contributed by atoms with Crippen LogP contribution in [0, 0.1) is 0 Å². The van der Waals surface area contributed by atoms with Gasteiger partial charge in [0.05, 0.1) is 0 Å². The molecule has 3 aliphatic heterocycles. The van der Waals surface area contributed by atoms with E-state index in [0.717, 1.165) is 38.6 Å². The Morgan fingerprint density at radius 1 is 1.00 bits per heavy atom. The van der Waals surface area contributed by atoms with E-state index in [1.165, 1.54) is 73.9 Å². The Bertz CT molecular complexity index is 903. The smallest absolute Gasteiger partial charge is 0.197 e.